The molecule has 16 heavy (non-hydrogen) atoms. The number of hydrogen-bond donors (Lipinski definition) is 3. The normalized spacial score (nSPS) is 10.8. The van der Waals surface area contributed by atoms with E-state index in [1.807, 2.05) is 0 Å². The molecule has 2 aromatic carbocycles. The van der Waals surface area contributed by atoms with Gasteiger partial charge in [0.1, 0.15) is 5.75 Å². The van der Waals surface area contributed by atoms with Crippen molar-refractivity contribution in [3.63, 3.8) is 0 Å². The Morgan fingerprint density at radius 1 is 1.19 bits per heavy atom. The third-order valence-corrected chi connectivity index (χ3v) is 2.73. The quantitative estimate of drug-likeness (QED) is 0.251. The second kappa shape index (κ2) is 4.58. The zero-order chi connectivity index (χ0) is 11.5. The number of nitrogens with two attached hydrogens (primary N) is 1. The van der Waals surface area contributed by atoms with Crippen LogP contribution >= 0.6 is 12.0 Å². The van der Waals surface area contributed by atoms with Crippen LogP contribution in [0.25, 0.3) is 10.8 Å². The van der Waals surface area contributed by atoms with Gasteiger partial charge in [-0.3, -0.25) is 0 Å². The number of phenolic OH excluding ortho intramolecular Hbond substituents is 1. The summed E-state index contributed by atoms with van der Waals surface area (Å²) in [5.74, 6) is 0.0633. The summed E-state index contributed by atoms with van der Waals surface area (Å²) >= 11 is 0.860. The lowest BCUT2D eigenvalue weighted by Gasteiger charge is -2.05. The van der Waals surface area contributed by atoms with Crippen molar-refractivity contribution in [3.8, 4) is 5.75 Å². The lowest BCUT2D eigenvalue weighted by Crippen LogP contribution is -1.86. The fourth-order valence-electron chi connectivity index (χ4n) is 1.41. The van der Waals surface area contributed by atoms with Crippen molar-refractivity contribution in [1.29, 1.82) is 0 Å². The molecule has 2 rings (SSSR count). The van der Waals surface area contributed by atoms with E-state index in [0.29, 0.717) is 11.1 Å². The van der Waals surface area contributed by atoms with Gasteiger partial charge in [-0.2, -0.15) is 0 Å². The molecule has 84 valence electrons. The number of hydrogen-bond acceptors (Lipinski definition) is 6. The van der Waals surface area contributed by atoms with Crippen molar-refractivity contribution in [2.75, 3.05) is 5.73 Å². The standard InChI is InChI=1S/C10H9NO4S/c11-9-4-1-6-5-7(16-15-14-13)2-3-8(6)10(9)12/h1-5,12-13H,11H2. The van der Waals surface area contributed by atoms with Crippen molar-refractivity contribution in [2.45, 2.75) is 4.90 Å². The second-order valence-electron chi connectivity index (χ2n) is 3.11. The predicted molar refractivity (Wildman–Crippen MR) is 60.7 cm³/mol. The Balaban J connectivity index is 2.44. The largest absolute Gasteiger partial charge is 0.505 e. The highest BCUT2D eigenvalue weighted by atomic mass is 32.2. The van der Waals surface area contributed by atoms with Gasteiger partial charge in [-0.25, -0.2) is 5.26 Å². The van der Waals surface area contributed by atoms with E-state index in [1.165, 1.54) is 0 Å². The Hall–Kier alpha value is -1.47. The molecule has 0 saturated heterocycles. The van der Waals surface area contributed by atoms with Crippen LogP contribution in [0.5, 0.6) is 5.75 Å². The molecule has 0 amide bonds. The van der Waals surface area contributed by atoms with Gasteiger partial charge in [0.25, 0.3) is 0 Å². The molecule has 0 spiro atoms. The van der Waals surface area contributed by atoms with Gasteiger partial charge in [0.15, 0.2) is 0 Å². The molecule has 0 fully saturated rings. The molecule has 0 radical (unpaired) electrons. The third-order valence-electron chi connectivity index (χ3n) is 2.15. The van der Waals surface area contributed by atoms with Crippen LogP contribution in [-0.4, -0.2) is 10.4 Å². The lowest BCUT2D eigenvalue weighted by atomic mass is 10.1. The summed E-state index contributed by atoms with van der Waals surface area (Å²) in [5, 5.41) is 22.7. The highest BCUT2D eigenvalue weighted by molar-refractivity contribution is 7.94. The van der Waals surface area contributed by atoms with Gasteiger partial charge in [-0.05, 0) is 29.7 Å². The topological polar surface area (TPSA) is 84.9 Å². The van der Waals surface area contributed by atoms with Crippen LogP contribution in [0.4, 0.5) is 5.69 Å². The number of benzene rings is 2. The van der Waals surface area contributed by atoms with Crippen molar-refractivity contribution >= 4 is 28.5 Å². The highest BCUT2D eigenvalue weighted by Gasteiger charge is 2.05. The predicted octanol–water partition coefficient (Wildman–Crippen LogP) is 2.56. The summed E-state index contributed by atoms with van der Waals surface area (Å²) in [6, 6.07) is 8.61. The molecule has 5 nitrogen and oxygen atoms in total. The first-order valence-electron chi connectivity index (χ1n) is 4.38. The number of phenols is 1. The number of aromatic hydroxyl groups is 1. The molecule has 0 aliphatic carbocycles. The summed E-state index contributed by atoms with van der Waals surface area (Å²) in [7, 11) is 0. The molecule has 0 aromatic heterocycles. The molecule has 4 N–H and O–H groups in total. The molecule has 0 aliphatic rings. The lowest BCUT2D eigenvalue weighted by molar-refractivity contribution is -0.432. The molecule has 0 aliphatic heterocycles. The van der Waals surface area contributed by atoms with E-state index in [4.69, 9.17) is 11.0 Å². The van der Waals surface area contributed by atoms with Gasteiger partial charge in [-0.15, -0.1) is 4.33 Å². The molecule has 0 saturated carbocycles. The van der Waals surface area contributed by atoms with E-state index in [0.717, 1.165) is 22.3 Å². The molecule has 0 heterocycles. The Morgan fingerprint density at radius 2 is 2.00 bits per heavy atom. The van der Waals surface area contributed by atoms with E-state index in [-0.39, 0.29) is 5.75 Å². The summed E-state index contributed by atoms with van der Waals surface area (Å²) in [6.45, 7) is 0. The average molecular weight is 239 g/mol. The van der Waals surface area contributed by atoms with Crippen LogP contribution < -0.4 is 5.73 Å². The van der Waals surface area contributed by atoms with Gasteiger partial charge < -0.3 is 10.8 Å². The van der Waals surface area contributed by atoms with E-state index in [2.05, 4.69) is 9.37 Å². The van der Waals surface area contributed by atoms with Gasteiger partial charge in [0.2, 0.25) is 0 Å². The Labute approximate surface area is 95.5 Å². The molecule has 6 heteroatoms. The molecule has 0 atom stereocenters. The van der Waals surface area contributed by atoms with Crippen LogP contribution in [0.3, 0.4) is 0 Å². The first-order chi connectivity index (χ1) is 7.72. The van der Waals surface area contributed by atoms with Crippen LogP contribution in [-0.2, 0) is 9.37 Å². The summed E-state index contributed by atoms with van der Waals surface area (Å²) in [5.41, 5.74) is 5.91. The maximum atomic E-state index is 9.70. The van der Waals surface area contributed by atoms with Crippen LogP contribution in [0.2, 0.25) is 0 Å². The zero-order valence-corrected chi connectivity index (χ0v) is 8.90. The zero-order valence-electron chi connectivity index (χ0n) is 8.08. The number of nitrogen functional groups attached to an aromatic ring is 1. The van der Waals surface area contributed by atoms with Crippen LogP contribution in [0.1, 0.15) is 0 Å². The van der Waals surface area contributed by atoms with Gasteiger partial charge in [-0.1, -0.05) is 11.1 Å². The van der Waals surface area contributed by atoms with Crippen molar-refractivity contribution in [3.05, 3.63) is 30.3 Å². The van der Waals surface area contributed by atoms with Crippen molar-refractivity contribution in [2.24, 2.45) is 0 Å². The first kappa shape index (κ1) is 11.0. The SMILES string of the molecule is Nc1ccc2cc(SOOO)ccc2c1O. The Morgan fingerprint density at radius 3 is 2.75 bits per heavy atom. The van der Waals surface area contributed by atoms with E-state index in [9.17, 15) is 5.11 Å². The smallest absolute Gasteiger partial charge is 0.146 e. The number of anilines is 1. The fourth-order valence-corrected chi connectivity index (χ4v) is 1.82. The van der Waals surface area contributed by atoms with E-state index >= 15 is 0 Å². The van der Waals surface area contributed by atoms with Gasteiger partial charge in [0.05, 0.1) is 17.7 Å². The fraction of sp³-hybridized carbons (Fsp3) is 0. The van der Waals surface area contributed by atoms with Crippen LogP contribution in [0.15, 0.2) is 35.2 Å². The van der Waals surface area contributed by atoms with E-state index < -0.39 is 0 Å². The average Bonchev–Trinajstić information content (AvgIpc) is 2.31. The molecule has 0 bridgehead atoms. The Bertz CT molecular complexity index is 517. The molecule has 0 unspecified atom stereocenters. The summed E-state index contributed by atoms with van der Waals surface area (Å²) in [4.78, 5) is 0.728. The summed E-state index contributed by atoms with van der Waals surface area (Å²) in [6.07, 6.45) is 0. The minimum absolute atomic E-state index is 0.0633. The molecular formula is C10H9NO4S. The minimum Gasteiger partial charge on any atom is -0.505 e. The Kier molecular flexibility index (Phi) is 3.16. The van der Waals surface area contributed by atoms with Crippen molar-refractivity contribution < 1.29 is 19.7 Å². The monoisotopic (exact) mass is 239 g/mol. The second-order valence-corrected chi connectivity index (χ2v) is 3.89. The van der Waals surface area contributed by atoms with Gasteiger partial charge >= 0.3 is 0 Å². The maximum Gasteiger partial charge on any atom is 0.146 e. The summed E-state index contributed by atoms with van der Waals surface area (Å²) < 4.78 is 4.31. The third kappa shape index (κ3) is 2.05. The highest BCUT2D eigenvalue weighted by Crippen LogP contribution is 2.33. The van der Waals surface area contributed by atoms with Crippen molar-refractivity contribution in [1.82, 2.24) is 0 Å². The minimum atomic E-state index is 0.0633. The number of rotatable bonds is 3. The maximum absolute atomic E-state index is 9.70. The van der Waals surface area contributed by atoms with Gasteiger partial charge in [0, 0.05) is 10.3 Å². The number of fused-ring (bicyclic) bond motifs is 1. The molecular weight excluding hydrogens is 230 g/mol. The first-order valence-corrected chi connectivity index (χ1v) is 5.12. The van der Waals surface area contributed by atoms with Crippen LogP contribution in [0, 0.1) is 0 Å². The molecule has 2 aromatic rings. The van der Waals surface area contributed by atoms with E-state index in [1.54, 1.807) is 30.3 Å².